The van der Waals surface area contributed by atoms with Crippen LogP contribution in [0.5, 0.6) is 0 Å². The van der Waals surface area contributed by atoms with E-state index >= 15 is 0 Å². The van der Waals surface area contributed by atoms with Crippen molar-refractivity contribution in [2.24, 2.45) is 0 Å². The zero-order valence-electron chi connectivity index (χ0n) is 9.72. The molecule has 3 nitrogen and oxygen atoms in total. The van der Waals surface area contributed by atoms with Gasteiger partial charge in [-0.05, 0) is 18.2 Å². The molecule has 2 aromatic rings. The Bertz CT molecular complexity index is 639. The quantitative estimate of drug-likeness (QED) is 0.465. The molecule has 0 saturated carbocycles. The minimum Gasteiger partial charge on any atom is -0.258 e. The maximum absolute atomic E-state index is 11.2. The Morgan fingerprint density at radius 3 is 2.37 bits per heavy atom. The fourth-order valence-corrected chi connectivity index (χ4v) is 1.99. The Morgan fingerprint density at radius 2 is 1.74 bits per heavy atom. The molecule has 5 heteroatoms. The SMILES string of the molecule is O=[N+]([O-])C(=Cc1cccc(Cl)c1Cl)c1ccccc1. The Balaban J connectivity index is 2.54. The summed E-state index contributed by atoms with van der Waals surface area (Å²) in [4.78, 5) is 10.7. The van der Waals surface area contributed by atoms with Crippen molar-refractivity contribution in [1.82, 2.24) is 0 Å². The molecule has 96 valence electrons. The minimum atomic E-state index is -0.438. The summed E-state index contributed by atoms with van der Waals surface area (Å²) in [6.07, 6.45) is 1.42. The molecular weight excluding hydrogens is 285 g/mol. The monoisotopic (exact) mass is 293 g/mol. The van der Waals surface area contributed by atoms with E-state index in [1.165, 1.54) is 6.08 Å². The van der Waals surface area contributed by atoms with Crippen LogP contribution < -0.4 is 0 Å². The van der Waals surface area contributed by atoms with Crippen molar-refractivity contribution in [2.75, 3.05) is 0 Å². The third kappa shape index (κ3) is 3.13. The molecule has 2 rings (SSSR count). The first kappa shape index (κ1) is 13.6. The van der Waals surface area contributed by atoms with Crippen LogP contribution in [0.2, 0.25) is 10.0 Å². The lowest BCUT2D eigenvalue weighted by Gasteiger charge is -2.02. The molecule has 0 fully saturated rings. The number of nitro groups is 1. The highest BCUT2D eigenvalue weighted by Crippen LogP contribution is 2.29. The van der Waals surface area contributed by atoms with Gasteiger partial charge in [-0.2, -0.15) is 0 Å². The van der Waals surface area contributed by atoms with Crippen molar-refractivity contribution in [3.05, 3.63) is 79.8 Å². The van der Waals surface area contributed by atoms with Gasteiger partial charge >= 0.3 is 0 Å². The van der Waals surface area contributed by atoms with Crippen LogP contribution in [0.25, 0.3) is 11.8 Å². The second-order valence-electron chi connectivity index (χ2n) is 3.80. The van der Waals surface area contributed by atoms with E-state index in [4.69, 9.17) is 23.2 Å². The van der Waals surface area contributed by atoms with Crippen molar-refractivity contribution < 1.29 is 4.92 Å². The molecule has 0 saturated heterocycles. The molecule has 0 aliphatic heterocycles. The molecule has 0 N–H and O–H groups in total. The van der Waals surface area contributed by atoms with E-state index in [1.807, 2.05) is 0 Å². The van der Waals surface area contributed by atoms with Gasteiger partial charge in [-0.25, -0.2) is 0 Å². The second kappa shape index (κ2) is 5.87. The minimum absolute atomic E-state index is 0.0234. The van der Waals surface area contributed by atoms with Crippen LogP contribution in [0.3, 0.4) is 0 Å². The van der Waals surface area contributed by atoms with Crippen LogP contribution in [0.15, 0.2) is 48.5 Å². The molecule has 0 aliphatic carbocycles. The smallest absolute Gasteiger partial charge is 0.258 e. The molecule has 0 aromatic heterocycles. The van der Waals surface area contributed by atoms with E-state index in [1.54, 1.807) is 48.5 Å². The molecule has 0 amide bonds. The normalized spacial score (nSPS) is 11.4. The summed E-state index contributed by atoms with van der Waals surface area (Å²) in [6, 6.07) is 13.6. The molecule has 0 bridgehead atoms. The Hall–Kier alpha value is -1.84. The van der Waals surface area contributed by atoms with Gasteiger partial charge in [-0.3, -0.25) is 10.1 Å². The topological polar surface area (TPSA) is 43.1 Å². The molecule has 0 aliphatic rings. The summed E-state index contributed by atoms with van der Waals surface area (Å²) >= 11 is 11.9. The lowest BCUT2D eigenvalue weighted by atomic mass is 10.1. The van der Waals surface area contributed by atoms with Crippen molar-refractivity contribution in [1.29, 1.82) is 0 Å². The lowest BCUT2D eigenvalue weighted by Crippen LogP contribution is -1.97. The van der Waals surface area contributed by atoms with Gasteiger partial charge in [0.1, 0.15) is 0 Å². The van der Waals surface area contributed by atoms with Crippen LogP contribution in [0.1, 0.15) is 11.1 Å². The summed E-state index contributed by atoms with van der Waals surface area (Å²) in [5.41, 5.74) is 1.01. The number of hydrogen-bond donors (Lipinski definition) is 0. The van der Waals surface area contributed by atoms with Crippen molar-refractivity contribution in [3.8, 4) is 0 Å². The lowest BCUT2D eigenvalue weighted by molar-refractivity contribution is -0.374. The largest absolute Gasteiger partial charge is 0.277 e. The summed E-state index contributed by atoms with van der Waals surface area (Å²) in [5.74, 6) is 0. The molecular formula is C14H9Cl2NO2. The van der Waals surface area contributed by atoms with Crippen LogP contribution in [0, 0.1) is 10.1 Å². The van der Waals surface area contributed by atoms with E-state index in [2.05, 4.69) is 0 Å². The fraction of sp³-hybridized carbons (Fsp3) is 0. The zero-order chi connectivity index (χ0) is 13.8. The maximum Gasteiger partial charge on any atom is 0.277 e. The summed E-state index contributed by atoms with van der Waals surface area (Å²) in [6.45, 7) is 0. The van der Waals surface area contributed by atoms with Gasteiger partial charge in [0, 0.05) is 11.6 Å². The molecule has 2 aromatic carbocycles. The summed E-state index contributed by atoms with van der Waals surface area (Å²) in [5, 5.41) is 11.8. The van der Waals surface area contributed by atoms with E-state index in [0.29, 0.717) is 21.2 Å². The predicted octanol–water partition coefficient (Wildman–Crippen LogP) is 4.77. The van der Waals surface area contributed by atoms with Gasteiger partial charge in [0.2, 0.25) is 0 Å². The standard InChI is InChI=1S/C14H9Cl2NO2/c15-12-8-4-7-11(14(12)16)9-13(17(18)19)10-5-2-1-3-6-10/h1-9H. The fourth-order valence-electron chi connectivity index (χ4n) is 1.63. The molecule has 0 heterocycles. The number of halogens is 2. The van der Waals surface area contributed by atoms with Crippen molar-refractivity contribution >= 4 is 35.0 Å². The van der Waals surface area contributed by atoms with Crippen molar-refractivity contribution in [2.45, 2.75) is 0 Å². The number of hydrogen-bond acceptors (Lipinski definition) is 2. The summed E-state index contributed by atoms with van der Waals surface area (Å²) in [7, 11) is 0. The Kier molecular flexibility index (Phi) is 4.20. The number of nitrogens with zero attached hydrogens (tertiary/aromatic N) is 1. The first-order valence-electron chi connectivity index (χ1n) is 5.45. The average Bonchev–Trinajstić information content (AvgIpc) is 2.41. The average molecular weight is 294 g/mol. The molecule has 0 atom stereocenters. The zero-order valence-corrected chi connectivity index (χ0v) is 11.2. The summed E-state index contributed by atoms with van der Waals surface area (Å²) < 4.78 is 0. The van der Waals surface area contributed by atoms with E-state index in [0.717, 1.165) is 0 Å². The van der Waals surface area contributed by atoms with Gasteiger partial charge in [0.25, 0.3) is 5.70 Å². The highest BCUT2D eigenvalue weighted by molar-refractivity contribution is 6.43. The first-order chi connectivity index (χ1) is 9.09. The van der Waals surface area contributed by atoms with E-state index in [9.17, 15) is 10.1 Å². The van der Waals surface area contributed by atoms with Gasteiger partial charge in [-0.1, -0.05) is 53.5 Å². The Morgan fingerprint density at radius 1 is 1.05 bits per heavy atom. The second-order valence-corrected chi connectivity index (χ2v) is 4.58. The van der Waals surface area contributed by atoms with Crippen molar-refractivity contribution in [3.63, 3.8) is 0 Å². The Labute approximate surface area is 120 Å². The highest BCUT2D eigenvalue weighted by Gasteiger charge is 2.15. The third-order valence-corrected chi connectivity index (χ3v) is 3.37. The highest BCUT2D eigenvalue weighted by atomic mass is 35.5. The van der Waals surface area contributed by atoms with Crippen LogP contribution >= 0.6 is 23.2 Å². The molecule has 0 spiro atoms. The van der Waals surface area contributed by atoms with Crippen LogP contribution in [-0.4, -0.2) is 4.92 Å². The van der Waals surface area contributed by atoms with Crippen LogP contribution in [-0.2, 0) is 0 Å². The molecule has 19 heavy (non-hydrogen) atoms. The first-order valence-corrected chi connectivity index (χ1v) is 6.20. The predicted molar refractivity (Wildman–Crippen MR) is 77.8 cm³/mol. The number of benzene rings is 2. The molecule has 0 unspecified atom stereocenters. The number of rotatable bonds is 3. The van der Waals surface area contributed by atoms with Crippen LogP contribution in [0.4, 0.5) is 0 Å². The molecule has 0 radical (unpaired) electrons. The van der Waals surface area contributed by atoms with Gasteiger partial charge in [-0.15, -0.1) is 0 Å². The third-order valence-electron chi connectivity index (χ3n) is 2.54. The van der Waals surface area contributed by atoms with Gasteiger partial charge < -0.3 is 0 Å². The van der Waals surface area contributed by atoms with E-state index in [-0.39, 0.29) is 5.70 Å². The van der Waals surface area contributed by atoms with Gasteiger partial charge in [0.15, 0.2) is 0 Å². The maximum atomic E-state index is 11.2. The van der Waals surface area contributed by atoms with Gasteiger partial charge in [0.05, 0.1) is 20.5 Å². The van der Waals surface area contributed by atoms with E-state index < -0.39 is 4.92 Å².